The number of aromatic nitrogens is 1. The molecule has 0 fully saturated rings. The molecule has 0 bridgehead atoms. The molecule has 0 aliphatic rings. The molecule has 32 heavy (non-hydrogen) atoms. The van der Waals surface area contributed by atoms with Gasteiger partial charge >= 0.3 is 0 Å². The lowest BCUT2D eigenvalue weighted by atomic mass is 10.0. The third kappa shape index (κ3) is 5.23. The molecule has 0 unspecified atom stereocenters. The molecule has 1 heterocycles. The quantitative estimate of drug-likeness (QED) is 0.493. The molecular weight excluding hydrogens is 451 g/mol. The Balaban J connectivity index is 1.94. The zero-order valence-electron chi connectivity index (χ0n) is 18.0. The van der Waals surface area contributed by atoms with Crippen LogP contribution in [0.5, 0.6) is 0 Å². The van der Waals surface area contributed by atoms with Crippen LogP contribution in [0.25, 0.3) is 0 Å². The summed E-state index contributed by atoms with van der Waals surface area (Å²) in [5.41, 5.74) is 1.50. The van der Waals surface area contributed by atoms with Crippen molar-refractivity contribution in [2.75, 3.05) is 6.54 Å². The zero-order chi connectivity index (χ0) is 23.5. The molecule has 9 heteroatoms. The third-order valence-electron chi connectivity index (χ3n) is 5.20. The summed E-state index contributed by atoms with van der Waals surface area (Å²) in [6.45, 7) is 5.07. The second kappa shape index (κ2) is 9.48. The average Bonchev–Trinajstić information content (AvgIpc) is 2.76. The van der Waals surface area contributed by atoms with Crippen LogP contribution in [0.1, 0.15) is 41.7 Å². The lowest BCUT2D eigenvalue weighted by molar-refractivity contribution is 0.568. The summed E-state index contributed by atoms with van der Waals surface area (Å²) < 4.78 is 68.5. The van der Waals surface area contributed by atoms with Crippen molar-refractivity contribution in [3.8, 4) is 0 Å². The Morgan fingerprint density at radius 3 is 2.16 bits per heavy atom. The molecule has 170 valence electrons. The van der Waals surface area contributed by atoms with Crippen LogP contribution in [0.4, 0.5) is 4.39 Å². The summed E-state index contributed by atoms with van der Waals surface area (Å²) >= 11 is 0. The zero-order valence-corrected chi connectivity index (χ0v) is 19.6. The maximum absolute atomic E-state index is 13.7. The van der Waals surface area contributed by atoms with E-state index >= 15 is 0 Å². The largest absolute Gasteiger partial charge is 0.264 e. The van der Waals surface area contributed by atoms with Gasteiger partial charge < -0.3 is 0 Å². The summed E-state index contributed by atoms with van der Waals surface area (Å²) in [6, 6.07) is 13.1. The number of pyridine rings is 1. The number of sulfonamides is 1. The Kier molecular flexibility index (Phi) is 7.12. The van der Waals surface area contributed by atoms with Gasteiger partial charge in [-0.05, 0) is 65.9 Å². The van der Waals surface area contributed by atoms with Crippen molar-refractivity contribution in [2.45, 2.75) is 41.7 Å². The standard InChI is InChI=1S/C23H25FN2O4S2/c1-16(2)18-6-8-20(9-7-18)32(29,30)26-15-23(19-5-4-12-25-14-19)31(27,28)21-10-11-22(24)17(3)13-21/h4-14,16,23,26H,15H2,1-3H3/t23-/m1/s1. The molecule has 0 spiro atoms. The fraction of sp³-hybridized carbons (Fsp3) is 0.261. The van der Waals surface area contributed by atoms with Crippen molar-refractivity contribution in [2.24, 2.45) is 0 Å². The monoisotopic (exact) mass is 476 g/mol. The molecule has 2 aromatic carbocycles. The lowest BCUT2D eigenvalue weighted by Crippen LogP contribution is -2.32. The van der Waals surface area contributed by atoms with Crippen LogP contribution >= 0.6 is 0 Å². The van der Waals surface area contributed by atoms with Crippen LogP contribution in [0.3, 0.4) is 0 Å². The van der Waals surface area contributed by atoms with Gasteiger partial charge in [-0.15, -0.1) is 0 Å². The van der Waals surface area contributed by atoms with Gasteiger partial charge in [-0.2, -0.15) is 0 Å². The topological polar surface area (TPSA) is 93.2 Å². The highest BCUT2D eigenvalue weighted by atomic mass is 32.2. The lowest BCUT2D eigenvalue weighted by Gasteiger charge is -2.19. The van der Waals surface area contributed by atoms with Gasteiger partial charge in [0, 0.05) is 18.9 Å². The third-order valence-corrected chi connectivity index (χ3v) is 8.74. The Hall–Kier alpha value is -2.62. The predicted molar refractivity (Wildman–Crippen MR) is 121 cm³/mol. The van der Waals surface area contributed by atoms with Gasteiger partial charge in [0.15, 0.2) is 9.84 Å². The van der Waals surface area contributed by atoms with E-state index in [1.807, 2.05) is 13.8 Å². The molecule has 3 aromatic rings. The number of aryl methyl sites for hydroxylation is 1. The van der Waals surface area contributed by atoms with Crippen molar-refractivity contribution in [3.63, 3.8) is 0 Å². The van der Waals surface area contributed by atoms with Crippen LogP contribution in [-0.4, -0.2) is 28.4 Å². The highest BCUT2D eigenvalue weighted by Gasteiger charge is 2.31. The summed E-state index contributed by atoms with van der Waals surface area (Å²) in [6.07, 6.45) is 2.87. The molecule has 6 nitrogen and oxygen atoms in total. The van der Waals surface area contributed by atoms with E-state index in [2.05, 4.69) is 9.71 Å². The summed E-state index contributed by atoms with van der Waals surface area (Å²) in [7, 11) is -8.01. The van der Waals surface area contributed by atoms with E-state index in [-0.39, 0.29) is 21.3 Å². The number of hydrogen-bond donors (Lipinski definition) is 1. The number of rotatable bonds is 8. The Morgan fingerprint density at radius 2 is 1.59 bits per heavy atom. The minimum atomic E-state index is -4.05. The van der Waals surface area contributed by atoms with Crippen LogP contribution in [0.2, 0.25) is 0 Å². The van der Waals surface area contributed by atoms with Crippen LogP contribution in [0.15, 0.2) is 76.8 Å². The summed E-state index contributed by atoms with van der Waals surface area (Å²) in [5.74, 6) is -0.272. The molecular formula is C23H25FN2O4S2. The van der Waals surface area contributed by atoms with Crippen LogP contribution < -0.4 is 4.72 Å². The smallest absolute Gasteiger partial charge is 0.240 e. The van der Waals surface area contributed by atoms with Gasteiger partial charge in [-0.1, -0.05) is 32.0 Å². The van der Waals surface area contributed by atoms with Gasteiger partial charge in [-0.3, -0.25) is 4.98 Å². The Labute approximate surface area is 188 Å². The van der Waals surface area contributed by atoms with Crippen LogP contribution in [-0.2, 0) is 19.9 Å². The second-order valence-electron chi connectivity index (χ2n) is 7.81. The molecule has 1 aromatic heterocycles. The van der Waals surface area contributed by atoms with Gasteiger partial charge in [-0.25, -0.2) is 25.9 Å². The fourth-order valence-corrected chi connectivity index (χ4v) is 6.11. The molecule has 0 radical (unpaired) electrons. The first-order chi connectivity index (χ1) is 15.0. The molecule has 0 aliphatic heterocycles. The van der Waals surface area contributed by atoms with Gasteiger partial charge in [0.05, 0.1) is 9.79 Å². The molecule has 0 saturated carbocycles. The maximum atomic E-state index is 13.7. The van der Waals surface area contributed by atoms with Gasteiger partial charge in [0.25, 0.3) is 0 Å². The molecule has 1 atom stereocenters. The van der Waals surface area contributed by atoms with E-state index in [9.17, 15) is 21.2 Å². The first-order valence-corrected chi connectivity index (χ1v) is 13.0. The molecule has 3 rings (SSSR count). The molecule has 0 aliphatic carbocycles. The number of halogens is 1. The van der Waals surface area contributed by atoms with Gasteiger partial charge in [0.2, 0.25) is 10.0 Å². The van der Waals surface area contributed by atoms with E-state index in [0.717, 1.165) is 11.6 Å². The predicted octanol–water partition coefficient (Wildman–Crippen LogP) is 4.15. The second-order valence-corrected chi connectivity index (χ2v) is 11.7. The van der Waals surface area contributed by atoms with E-state index in [1.165, 1.54) is 43.6 Å². The van der Waals surface area contributed by atoms with E-state index in [0.29, 0.717) is 5.56 Å². The minimum Gasteiger partial charge on any atom is -0.264 e. The number of benzene rings is 2. The van der Waals surface area contributed by atoms with E-state index < -0.39 is 37.5 Å². The number of nitrogens with one attached hydrogen (secondary N) is 1. The summed E-state index contributed by atoms with van der Waals surface area (Å²) in [5, 5.41) is -1.24. The van der Waals surface area contributed by atoms with Crippen molar-refractivity contribution in [3.05, 3.63) is 89.5 Å². The number of sulfone groups is 1. The van der Waals surface area contributed by atoms with Crippen molar-refractivity contribution in [1.29, 1.82) is 0 Å². The van der Waals surface area contributed by atoms with Crippen molar-refractivity contribution in [1.82, 2.24) is 9.71 Å². The molecule has 1 N–H and O–H groups in total. The van der Waals surface area contributed by atoms with Gasteiger partial charge in [0.1, 0.15) is 11.1 Å². The highest BCUT2D eigenvalue weighted by Crippen LogP contribution is 2.29. The summed E-state index contributed by atoms with van der Waals surface area (Å²) in [4.78, 5) is 3.92. The Morgan fingerprint density at radius 1 is 0.938 bits per heavy atom. The van der Waals surface area contributed by atoms with Crippen molar-refractivity contribution >= 4 is 19.9 Å². The average molecular weight is 477 g/mol. The number of hydrogen-bond acceptors (Lipinski definition) is 5. The van der Waals surface area contributed by atoms with E-state index in [1.54, 1.807) is 24.3 Å². The minimum absolute atomic E-state index is 0.0434. The highest BCUT2D eigenvalue weighted by molar-refractivity contribution is 7.92. The van der Waals surface area contributed by atoms with Crippen LogP contribution in [0, 0.1) is 12.7 Å². The SMILES string of the molecule is Cc1cc(S(=O)(=O)[C@H](CNS(=O)(=O)c2ccc(C(C)C)cc2)c2cccnc2)ccc1F. The van der Waals surface area contributed by atoms with Crippen molar-refractivity contribution < 1.29 is 21.2 Å². The fourth-order valence-electron chi connectivity index (χ4n) is 3.23. The first-order valence-electron chi connectivity index (χ1n) is 10.0. The normalized spacial score (nSPS) is 13.3. The van der Waals surface area contributed by atoms with E-state index in [4.69, 9.17) is 0 Å². The molecule has 0 amide bonds. The first kappa shape index (κ1) is 24.0. The maximum Gasteiger partial charge on any atom is 0.240 e. The Bertz CT molecular complexity index is 1290. The number of nitrogens with zero attached hydrogens (tertiary/aromatic N) is 1. The molecule has 0 saturated heterocycles.